The maximum absolute atomic E-state index is 12.3. The smallest absolute Gasteiger partial charge is 0.282 e. The first kappa shape index (κ1) is 107. The topological polar surface area (TPSA) is 240 Å². The van der Waals surface area contributed by atoms with Gasteiger partial charge >= 0.3 is 0 Å². The first-order chi connectivity index (χ1) is 71.9. The number of carbonyl (C=O) groups is 2. The average molecular weight is 2060 g/mol. The van der Waals surface area contributed by atoms with E-state index in [4.69, 9.17) is 11.6 Å². The van der Waals surface area contributed by atoms with E-state index in [2.05, 4.69) is 260 Å². The summed E-state index contributed by atoms with van der Waals surface area (Å²) >= 11 is 11.3. The van der Waals surface area contributed by atoms with Crippen molar-refractivity contribution in [2.24, 2.45) is 32.2 Å². The molecule has 0 aliphatic rings. The molecule has 0 aliphatic carbocycles. The monoisotopic (exact) mass is 2050 g/mol. The highest BCUT2D eigenvalue weighted by Gasteiger charge is 2.16. The van der Waals surface area contributed by atoms with Gasteiger partial charge in [-0.05, 0) is 263 Å². The second-order valence-electron chi connectivity index (χ2n) is 34.2. The number of Topliss-reactive ketones (excluding diaryl/α,β-unsaturated/α-hetero) is 1. The Labute approximate surface area is 886 Å². The van der Waals surface area contributed by atoms with Gasteiger partial charge in [0.05, 0.1) is 23.0 Å². The van der Waals surface area contributed by atoms with Crippen LogP contribution in [-0.2, 0) is 10.0 Å². The van der Waals surface area contributed by atoms with E-state index in [9.17, 15) is 33.3 Å². The number of sulfonamides is 1. The first-order valence-corrected chi connectivity index (χ1v) is 52.3. The summed E-state index contributed by atoms with van der Waals surface area (Å²) in [4.78, 5) is 27.7. The minimum absolute atomic E-state index is 0.0240. The Hall–Kier alpha value is -16.4. The van der Waals surface area contributed by atoms with E-state index < -0.39 is 10.0 Å². The van der Waals surface area contributed by atoms with E-state index in [-0.39, 0.29) is 33.8 Å². The zero-order chi connectivity index (χ0) is 104. The lowest BCUT2D eigenvalue weighted by Gasteiger charge is -2.06. The van der Waals surface area contributed by atoms with Crippen LogP contribution in [0.25, 0.3) is 64.6 Å². The molecule has 0 bridgehead atoms. The lowest BCUT2D eigenvalue weighted by molar-refractivity contribution is 0.0954. The number of benzene rings is 20. The van der Waals surface area contributed by atoms with E-state index >= 15 is 0 Å². The molecule has 0 fully saturated rings. The van der Waals surface area contributed by atoms with Crippen LogP contribution >= 0.6 is 59.4 Å². The van der Waals surface area contributed by atoms with Crippen molar-refractivity contribution in [3.05, 3.63) is 518 Å². The number of amides is 1. The minimum atomic E-state index is -3.67. The summed E-state index contributed by atoms with van der Waals surface area (Å²) < 4.78 is 45.9. The highest BCUT2D eigenvalue weighted by atomic mass is 35.5. The lowest BCUT2D eigenvalue weighted by atomic mass is 10.0. The summed E-state index contributed by atoms with van der Waals surface area (Å²) in [6, 6.07) is 136. The Kier molecular flexibility index (Phi) is 39.2. The van der Waals surface area contributed by atoms with Gasteiger partial charge < -0.3 is 15.3 Å². The molecule has 0 saturated carbocycles. The fourth-order valence-corrected chi connectivity index (χ4v) is 18.8. The lowest BCUT2D eigenvalue weighted by Crippen LogP contribution is -2.17. The first-order valence-electron chi connectivity index (χ1n) is 47.4. The molecular formula is C126H108ClN9O7S5. The predicted molar refractivity (Wildman–Crippen MR) is 628 cm³/mol. The quantitative estimate of drug-likeness (QED) is 0.0140. The minimum Gasteiger partial charge on any atom is -0.507 e. The van der Waals surface area contributed by atoms with Gasteiger partial charge in [-0.2, -0.15) is 23.0 Å². The van der Waals surface area contributed by atoms with Gasteiger partial charge in [-0.15, -0.1) is 0 Å². The number of hydrazone groups is 2. The van der Waals surface area contributed by atoms with Crippen molar-refractivity contribution >= 4 is 195 Å². The maximum Gasteiger partial charge on any atom is 0.282 e. The Morgan fingerprint density at radius 1 is 0.304 bits per heavy atom. The molecule has 0 spiro atoms. The van der Waals surface area contributed by atoms with Crippen molar-refractivity contribution in [2.45, 2.75) is 86.8 Å². The van der Waals surface area contributed by atoms with Crippen LogP contribution in [-0.4, -0.2) is 78.9 Å². The molecule has 0 aromatic heterocycles. The van der Waals surface area contributed by atoms with Gasteiger partial charge in [0, 0.05) is 154 Å². The molecule has 16 nitrogen and oxygen atoms in total. The van der Waals surface area contributed by atoms with E-state index in [1.807, 2.05) is 196 Å². The van der Waals surface area contributed by atoms with Crippen LogP contribution in [0.2, 0.25) is 5.02 Å². The molecular weight excluding hydrogens is 1950 g/mol. The average Bonchev–Trinajstić information content (AvgIpc) is 0.787. The third kappa shape index (κ3) is 30.4. The van der Waals surface area contributed by atoms with Crippen LogP contribution in [0.1, 0.15) is 111 Å². The third-order valence-corrected chi connectivity index (χ3v) is 28.0. The number of carbonyl (C=O) groups excluding carboxylic acids is 2. The fraction of sp³-hybridized carbons (Fsp3) is 0.0714. The van der Waals surface area contributed by atoms with E-state index in [1.165, 1.54) is 126 Å². The Balaban J connectivity index is 0.000000136. The molecule has 0 radical (unpaired) electrons. The van der Waals surface area contributed by atoms with Crippen LogP contribution < -0.4 is 10.9 Å². The Bertz CT molecular complexity index is 8040. The number of halogens is 1. The molecule has 0 saturated heterocycles. The molecule has 20 aromatic carbocycles. The summed E-state index contributed by atoms with van der Waals surface area (Å²) in [5, 5.41) is 52.6. The number of anilines is 1. The summed E-state index contributed by atoms with van der Waals surface area (Å²) in [5.74, 6) is -0.347. The summed E-state index contributed by atoms with van der Waals surface area (Å²) in [6.07, 6.45) is 12.1. The number of hydrogen-bond acceptors (Lipinski definition) is 18. The van der Waals surface area contributed by atoms with Gasteiger partial charge in [0.15, 0.2) is 17.3 Å². The van der Waals surface area contributed by atoms with Gasteiger partial charge in [-0.1, -0.05) is 338 Å². The number of nitrogens with zero attached hydrogens (tertiary/aromatic N) is 7. The van der Waals surface area contributed by atoms with Crippen molar-refractivity contribution in [3.63, 3.8) is 0 Å². The number of phenolic OH excluding ortho intramolecular Hbond substituents is 3. The summed E-state index contributed by atoms with van der Waals surface area (Å²) in [5.41, 5.74) is 23.4. The molecule has 0 atom stereocenters. The van der Waals surface area contributed by atoms with Gasteiger partial charge in [-0.3, -0.25) is 15.0 Å². The molecule has 22 heteroatoms. The van der Waals surface area contributed by atoms with Crippen molar-refractivity contribution in [3.8, 4) is 17.2 Å². The van der Waals surface area contributed by atoms with Crippen molar-refractivity contribution < 1.29 is 33.3 Å². The highest BCUT2D eigenvalue weighted by Crippen LogP contribution is 2.35. The zero-order valence-electron chi connectivity index (χ0n) is 82.9. The zero-order valence-corrected chi connectivity index (χ0v) is 87.7. The second kappa shape index (κ2) is 54.0. The summed E-state index contributed by atoms with van der Waals surface area (Å²) in [7, 11) is -3.67. The predicted octanol–water partition coefficient (Wildman–Crippen LogP) is 32.7. The molecule has 20 rings (SSSR count). The number of aromatic hydroxyl groups is 3. The standard InChI is InChI=1S/C19H16N2O.C19H18N2.C19H17NS.C18H15NO2S.C18H15NS.C17H12ClNOS.C16H15NO3S/c1-14-11-12-15-7-5-6-10-17(15)18(14)13-20-21-19(22)16-8-3-2-4-9-16;2*1-14-7-11-17(12-8-14)21-20-13-19-15(2)9-10-16-5-3-4-6-18(16)19;1-14-11-12-15-7-5-6-10-17(15)18(14)13-19-22(20,21)16-8-3-2-4-9-16;1-14-11-12-15-7-5-6-10-17(15)18(14)13-19-20-16-8-3-2-4-9-16;18-13-6-8-14(9-7-13)21-19-11-16-15-4-2-1-3-12(15)5-10-17(16)20;1-10-7-8-12(16(20)15(10)19)9-17-21-14-6-4-3-5-13(14)11(2)18/h2-13H,1H3,(H,21,22);3-13,21H,1-2H3;3-13H,1-2H3;2-13H,1H3;2-13H,1H3;1-11,20H;3-9,19-20H,1-2H3/b2*20-13+;;;;;. The fourth-order valence-electron chi connectivity index (χ4n) is 15.5. The normalized spacial score (nSPS) is 11.3. The highest BCUT2D eigenvalue weighted by molar-refractivity contribution is 7.99. The molecule has 148 heavy (non-hydrogen) atoms. The van der Waals surface area contributed by atoms with Crippen LogP contribution in [0.5, 0.6) is 17.2 Å². The van der Waals surface area contributed by atoms with Gasteiger partial charge in [-0.25, -0.2) is 23.0 Å². The number of ketones is 1. The van der Waals surface area contributed by atoms with E-state index in [0.29, 0.717) is 27.3 Å². The Morgan fingerprint density at radius 3 is 1.09 bits per heavy atom. The molecule has 736 valence electrons. The molecule has 0 heterocycles. The van der Waals surface area contributed by atoms with Crippen molar-refractivity contribution in [2.75, 3.05) is 5.43 Å². The van der Waals surface area contributed by atoms with Crippen LogP contribution in [0.15, 0.2) is 475 Å². The number of nitrogens with one attached hydrogen (secondary N) is 2. The number of rotatable bonds is 22. The van der Waals surface area contributed by atoms with E-state index in [0.717, 1.165) is 103 Å². The molecule has 0 aliphatic heterocycles. The van der Waals surface area contributed by atoms with Crippen LogP contribution in [0.3, 0.4) is 0 Å². The van der Waals surface area contributed by atoms with Gasteiger partial charge in [0.1, 0.15) is 5.75 Å². The van der Waals surface area contributed by atoms with E-state index in [1.54, 1.807) is 92.1 Å². The molecule has 20 aromatic rings. The van der Waals surface area contributed by atoms with Crippen molar-refractivity contribution in [1.29, 1.82) is 0 Å². The van der Waals surface area contributed by atoms with Crippen LogP contribution in [0.4, 0.5) is 5.69 Å². The second-order valence-corrected chi connectivity index (χ2v) is 39.7. The van der Waals surface area contributed by atoms with Crippen molar-refractivity contribution in [1.82, 2.24) is 5.43 Å². The molecule has 5 N–H and O–H groups in total. The third-order valence-electron chi connectivity index (χ3n) is 23.7. The number of aryl methyl sites for hydroxylation is 8. The van der Waals surface area contributed by atoms with Crippen LogP contribution in [0, 0.1) is 55.4 Å². The molecule has 1 amide bonds. The largest absolute Gasteiger partial charge is 0.507 e. The number of fused-ring (bicyclic) bond motifs is 6. The maximum atomic E-state index is 12.3. The summed E-state index contributed by atoms with van der Waals surface area (Å²) in [6.45, 7) is 17.7. The number of phenols is 3. The SMILES string of the molecule is CC(=O)c1ccccc1SN=Cc1ccc(C)c(O)c1O.Cc1ccc(N/N=C/c2c(C)ccc3ccccc23)cc1.Cc1ccc(SN=Cc2c(C)ccc3ccccc23)cc1.Cc1ccc2ccccc2c1/C=N/NC(=O)c1ccccc1.Cc1ccc2ccccc2c1C=NS(=O)(=O)c1ccccc1.Cc1ccc2ccccc2c1C=NSc1ccccc1.Oc1ccc2ccccc2c1C=NSc1ccc(Cl)cc1. The number of hydrogen-bond donors (Lipinski definition) is 5. The van der Waals surface area contributed by atoms with Gasteiger partial charge in [0.25, 0.3) is 15.9 Å². The Morgan fingerprint density at radius 2 is 0.642 bits per heavy atom. The van der Waals surface area contributed by atoms with Gasteiger partial charge in [0.2, 0.25) is 0 Å². The molecule has 0 unspecified atom stereocenters.